The highest BCUT2D eigenvalue weighted by Gasteiger charge is 2.58. The minimum atomic E-state index is -1.79. The number of alkyl halides is 1. The third-order valence-electron chi connectivity index (χ3n) is 6.32. The number of hydrogen-bond acceptors (Lipinski definition) is 4. The Bertz CT molecular complexity index is 1280. The number of carbonyl (C=O) groups is 4. The SMILES string of the molecule is Cc1c(C(=O)C(=O)NC2(C(N)=O)CC(F)(P)C2)c2n(c1C(=O)Nc1cc(F)c(F)c(Cl)c1)CCC2. The van der Waals surface area contributed by atoms with Crippen molar-refractivity contribution in [2.24, 2.45) is 5.73 Å². The van der Waals surface area contributed by atoms with Gasteiger partial charge in [-0.2, -0.15) is 0 Å². The number of carbonyl (C=O) groups excluding carboxylic acids is 4. The number of fused-ring (bicyclic) bond motifs is 1. The summed E-state index contributed by atoms with van der Waals surface area (Å²) in [6.45, 7) is 1.86. The van der Waals surface area contributed by atoms with Crippen molar-refractivity contribution in [2.45, 2.75) is 50.1 Å². The monoisotopic (exact) mass is 528 g/mol. The number of primary amides is 1. The summed E-state index contributed by atoms with van der Waals surface area (Å²) in [5.74, 6) is -6.32. The van der Waals surface area contributed by atoms with Crippen molar-refractivity contribution in [3.05, 3.63) is 51.3 Å². The van der Waals surface area contributed by atoms with Crippen LogP contribution in [0.3, 0.4) is 0 Å². The lowest BCUT2D eigenvalue weighted by Crippen LogP contribution is -2.69. The van der Waals surface area contributed by atoms with E-state index in [1.807, 2.05) is 9.24 Å². The number of nitrogens with one attached hydrogen (secondary N) is 2. The molecule has 1 aromatic heterocycles. The molecule has 35 heavy (non-hydrogen) atoms. The molecule has 1 saturated carbocycles. The van der Waals surface area contributed by atoms with Gasteiger partial charge in [-0.15, -0.1) is 0 Å². The lowest BCUT2D eigenvalue weighted by atomic mass is 9.73. The molecule has 1 aliphatic carbocycles. The van der Waals surface area contributed by atoms with Crippen LogP contribution in [-0.2, 0) is 22.6 Å². The van der Waals surface area contributed by atoms with Gasteiger partial charge in [-0.05, 0) is 31.4 Å². The molecule has 0 bridgehead atoms. The Balaban J connectivity index is 1.63. The van der Waals surface area contributed by atoms with E-state index in [1.54, 1.807) is 4.57 Å². The molecule has 3 amide bonds. The maximum absolute atomic E-state index is 14.0. The van der Waals surface area contributed by atoms with Crippen LogP contribution in [0.2, 0.25) is 5.02 Å². The summed E-state index contributed by atoms with van der Waals surface area (Å²) in [5.41, 5.74) is 4.26. The van der Waals surface area contributed by atoms with E-state index in [1.165, 1.54) is 6.92 Å². The van der Waals surface area contributed by atoms with Crippen LogP contribution in [-0.4, -0.2) is 39.0 Å². The van der Waals surface area contributed by atoms with E-state index in [9.17, 15) is 32.3 Å². The number of halogens is 4. The first-order chi connectivity index (χ1) is 16.3. The van der Waals surface area contributed by atoms with Crippen LogP contribution in [0.1, 0.15) is 51.4 Å². The van der Waals surface area contributed by atoms with Gasteiger partial charge in [-0.3, -0.25) is 19.2 Å². The molecular formula is C22H21ClF3N4O4P. The predicted octanol–water partition coefficient (Wildman–Crippen LogP) is 2.78. The van der Waals surface area contributed by atoms with Crippen LogP contribution in [0, 0.1) is 18.6 Å². The third-order valence-corrected chi connectivity index (χ3v) is 7.00. The van der Waals surface area contributed by atoms with Crippen LogP contribution in [0.15, 0.2) is 12.1 Å². The predicted molar refractivity (Wildman–Crippen MR) is 124 cm³/mol. The van der Waals surface area contributed by atoms with Crippen LogP contribution in [0.4, 0.5) is 18.9 Å². The van der Waals surface area contributed by atoms with Crippen molar-refractivity contribution in [3.8, 4) is 0 Å². The zero-order valence-electron chi connectivity index (χ0n) is 18.4. The molecule has 1 aliphatic heterocycles. The van der Waals surface area contributed by atoms with E-state index in [4.69, 9.17) is 17.3 Å². The molecule has 2 heterocycles. The summed E-state index contributed by atoms with van der Waals surface area (Å²) < 4.78 is 42.8. The molecule has 1 fully saturated rings. The van der Waals surface area contributed by atoms with Crippen LogP contribution in [0.5, 0.6) is 0 Å². The Labute approximate surface area is 204 Å². The van der Waals surface area contributed by atoms with E-state index in [2.05, 4.69) is 10.6 Å². The number of rotatable bonds is 6. The molecule has 4 rings (SSSR count). The number of ketones is 1. The Kier molecular flexibility index (Phi) is 6.22. The average molecular weight is 529 g/mol. The van der Waals surface area contributed by atoms with Crippen molar-refractivity contribution in [3.63, 3.8) is 0 Å². The zero-order valence-corrected chi connectivity index (χ0v) is 20.3. The number of Topliss-reactive ketones (excluding diaryl/α,β-unsaturated/α-hetero) is 1. The summed E-state index contributed by atoms with van der Waals surface area (Å²) in [4.78, 5) is 50.9. The van der Waals surface area contributed by atoms with Crippen molar-refractivity contribution in [1.29, 1.82) is 0 Å². The normalized spacial score (nSPS) is 22.8. The van der Waals surface area contributed by atoms with Gasteiger partial charge in [-0.25, -0.2) is 13.2 Å². The van der Waals surface area contributed by atoms with Crippen LogP contribution >= 0.6 is 20.8 Å². The van der Waals surface area contributed by atoms with E-state index in [0.29, 0.717) is 25.1 Å². The van der Waals surface area contributed by atoms with Gasteiger partial charge in [0.15, 0.2) is 11.6 Å². The first-order valence-electron chi connectivity index (χ1n) is 10.6. The molecular weight excluding hydrogens is 508 g/mol. The number of amides is 3. The number of benzene rings is 1. The molecule has 2 aromatic rings. The van der Waals surface area contributed by atoms with E-state index >= 15 is 0 Å². The second-order valence-electron chi connectivity index (χ2n) is 8.88. The van der Waals surface area contributed by atoms with E-state index < -0.39 is 64.0 Å². The Morgan fingerprint density at radius 3 is 2.43 bits per heavy atom. The second-order valence-corrected chi connectivity index (χ2v) is 10.3. The summed E-state index contributed by atoms with van der Waals surface area (Å²) in [6.07, 6.45) is 0.212. The molecule has 186 valence electrons. The first-order valence-corrected chi connectivity index (χ1v) is 11.5. The van der Waals surface area contributed by atoms with Crippen LogP contribution in [0.25, 0.3) is 0 Å². The largest absolute Gasteiger partial charge is 0.368 e. The molecule has 1 unspecified atom stereocenters. The summed E-state index contributed by atoms with van der Waals surface area (Å²) in [7, 11) is 1.94. The minimum Gasteiger partial charge on any atom is -0.368 e. The van der Waals surface area contributed by atoms with Gasteiger partial charge in [0.1, 0.15) is 16.6 Å². The quantitative estimate of drug-likeness (QED) is 0.231. The fourth-order valence-electron chi connectivity index (χ4n) is 4.79. The standard InChI is InChI=1S/C22H21ClF3N4O4P/c1-9-14(17(31)19(33)29-21(20(27)34)7-22(26,35)8-21)13-3-2-4-30(13)16(9)18(32)28-10-5-11(23)15(25)12(24)6-10/h5-6H,2-4,7-8,35H2,1H3,(H2,27,34)(H,28,32)(H,29,33). The van der Waals surface area contributed by atoms with Gasteiger partial charge >= 0.3 is 0 Å². The van der Waals surface area contributed by atoms with Crippen molar-refractivity contribution in [1.82, 2.24) is 9.88 Å². The number of aromatic nitrogens is 1. The van der Waals surface area contributed by atoms with Gasteiger partial charge < -0.3 is 20.9 Å². The van der Waals surface area contributed by atoms with Gasteiger partial charge in [0.05, 0.1) is 10.6 Å². The van der Waals surface area contributed by atoms with Crippen molar-refractivity contribution < 1.29 is 32.3 Å². The number of anilines is 1. The number of hydrogen-bond donors (Lipinski definition) is 3. The van der Waals surface area contributed by atoms with Gasteiger partial charge in [-0.1, -0.05) is 20.8 Å². The topological polar surface area (TPSA) is 123 Å². The fourth-order valence-corrected chi connectivity index (χ4v) is 5.70. The maximum atomic E-state index is 14.0. The van der Waals surface area contributed by atoms with Crippen molar-refractivity contribution >= 4 is 50.0 Å². The molecule has 0 spiro atoms. The molecule has 1 atom stereocenters. The Morgan fingerprint density at radius 2 is 1.86 bits per heavy atom. The van der Waals surface area contributed by atoms with Gasteiger partial charge in [0.2, 0.25) is 5.91 Å². The van der Waals surface area contributed by atoms with Crippen molar-refractivity contribution in [2.75, 3.05) is 5.32 Å². The highest BCUT2D eigenvalue weighted by molar-refractivity contribution is 7.18. The Morgan fingerprint density at radius 1 is 1.20 bits per heavy atom. The van der Waals surface area contributed by atoms with E-state index in [-0.39, 0.29) is 22.5 Å². The third kappa shape index (κ3) is 4.31. The van der Waals surface area contributed by atoms with E-state index in [0.717, 1.165) is 12.1 Å². The lowest BCUT2D eigenvalue weighted by Gasteiger charge is -2.47. The molecule has 1 aromatic carbocycles. The summed E-state index contributed by atoms with van der Waals surface area (Å²) in [6, 6.07) is 1.81. The fraction of sp³-hybridized carbons (Fsp3) is 0.364. The highest BCUT2D eigenvalue weighted by atomic mass is 35.5. The maximum Gasteiger partial charge on any atom is 0.293 e. The van der Waals surface area contributed by atoms with Crippen LogP contribution < -0.4 is 16.4 Å². The van der Waals surface area contributed by atoms with Gasteiger partial charge in [0.25, 0.3) is 17.6 Å². The first kappa shape index (κ1) is 25.2. The molecule has 2 aliphatic rings. The average Bonchev–Trinajstić information content (AvgIpc) is 3.29. The second kappa shape index (κ2) is 8.64. The zero-order chi connectivity index (χ0) is 25.9. The summed E-state index contributed by atoms with van der Waals surface area (Å²) >= 11 is 5.65. The smallest absolute Gasteiger partial charge is 0.293 e. The number of nitrogens with zero attached hydrogens (tertiary/aromatic N) is 1. The van der Waals surface area contributed by atoms with Gasteiger partial charge in [0, 0.05) is 36.8 Å². The lowest BCUT2D eigenvalue weighted by molar-refractivity contribution is -0.137. The highest BCUT2D eigenvalue weighted by Crippen LogP contribution is 2.49. The molecule has 0 radical (unpaired) electrons. The molecule has 4 N–H and O–H groups in total. The molecule has 8 nitrogen and oxygen atoms in total. The Hall–Kier alpha value is -2.91. The number of nitrogens with two attached hydrogens (primary N) is 1. The molecule has 0 saturated heterocycles. The minimum absolute atomic E-state index is 0.00945. The molecule has 13 heteroatoms. The summed E-state index contributed by atoms with van der Waals surface area (Å²) in [5, 5.41) is 2.41.